The molecule has 1 aromatic heterocycles. The first kappa shape index (κ1) is 23.1. The summed E-state index contributed by atoms with van der Waals surface area (Å²) in [6, 6.07) is 4.88. The van der Waals surface area contributed by atoms with E-state index in [0.29, 0.717) is 23.1 Å². The van der Waals surface area contributed by atoms with Gasteiger partial charge in [-0.3, -0.25) is 14.9 Å². The number of nitrogens with zero attached hydrogens (tertiary/aromatic N) is 3. The van der Waals surface area contributed by atoms with E-state index in [1.54, 1.807) is 29.1 Å². The first-order valence-corrected chi connectivity index (χ1v) is 9.36. The number of carbonyl (C=O) groups excluding carboxylic acids is 1. The Morgan fingerprint density at radius 2 is 1.93 bits per heavy atom. The number of amides is 1. The summed E-state index contributed by atoms with van der Waals surface area (Å²) < 4.78 is 1.56. The number of aromatic nitrogens is 2. The van der Waals surface area contributed by atoms with Gasteiger partial charge in [0.05, 0.1) is 11.3 Å². The van der Waals surface area contributed by atoms with E-state index in [0.717, 1.165) is 25.7 Å². The van der Waals surface area contributed by atoms with Crippen LogP contribution in [0.2, 0.25) is 0 Å². The van der Waals surface area contributed by atoms with Gasteiger partial charge in [-0.15, -0.1) is 24.8 Å². The average Bonchev–Trinajstić information content (AvgIpc) is 3.16. The summed E-state index contributed by atoms with van der Waals surface area (Å²) in [5.41, 5.74) is 6.72. The maximum Gasteiger partial charge on any atom is 0.294 e. The highest BCUT2D eigenvalue weighted by Gasteiger charge is 2.40. The molecule has 0 saturated heterocycles. The van der Waals surface area contributed by atoms with Crippen molar-refractivity contribution in [3.8, 4) is 5.69 Å². The van der Waals surface area contributed by atoms with Crippen molar-refractivity contribution in [2.75, 3.05) is 0 Å². The SMILES string of the molecule is Cl.Cl.NC1CC2CCCC(C1)C2NC(=O)c1ccc(-n2ccnc2)c([N+](=O)[O-])c1. The van der Waals surface area contributed by atoms with E-state index in [1.165, 1.54) is 18.8 Å². The van der Waals surface area contributed by atoms with Crippen molar-refractivity contribution in [2.45, 2.75) is 44.2 Å². The molecule has 4 rings (SSSR count). The van der Waals surface area contributed by atoms with E-state index in [9.17, 15) is 14.9 Å². The molecule has 2 saturated carbocycles. The number of halogens is 2. The number of nitro benzene ring substituents is 1. The van der Waals surface area contributed by atoms with E-state index in [4.69, 9.17) is 5.73 Å². The number of hydrogen-bond acceptors (Lipinski definition) is 5. The third-order valence-corrected chi connectivity index (χ3v) is 5.89. The molecule has 10 heteroatoms. The van der Waals surface area contributed by atoms with Gasteiger partial charge in [0.1, 0.15) is 5.69 Å². The number of benzene rings is 1. The van der Waals surface area contributed by atoms with Crippen molar-refractivity contribution < 1.29 is 9.72 Å². The fourth-order valence-electron chi connectivity index (χ4n) is 4.69. The van der Waals surface area contributed by atoms with Crippen LogP contribution in [0.4, 0.5) is 5.69 Å². The molecule has 1 amide bonds. The number of nitrogens with two attached hydrogens (primary N) is 1. The fourth-order valence-corrected chi connectivity index (χ4v) is 4.69. The van der Waals surface area contributed by atoms with Gasteiger partial charge in [0, 0.05) is 36.1 Å². The molecular weight excluding hydrogens is 417 g/mol. The zero-order valence-electron chi connectivity index (χ0n) is 15.8. The highest BCUT2D eigenvalue weighted by atomic mass is 35.5. The lowest BCUT2D eigenvalue weighted by Gasteiger charge is -2.45. The van der Waals surface area contributed by atoms with Gasteiger partial charge in [0.25, 0.3) is 11.6 Å². The minimum absolute atomic E-state index is 0. The van der Waals surface area contributed by atoms with Crippen molar-refractivity contribution in [3.05, 3.63) is 52.6 Å². The molecular formula is C19H25Cl2N5O3. The molecule has 2 unspecified atom stereocenters. The molecule has 1 aromatic carbocycles. The molecule has 2 aromatic rings. The third kappa shape index (κ3) is 4.71. The summed E-state index contributed by atoms with van der Waals surface area (Å²) in [4.78, 5) is 27.8. The second kappa shape index (κ2) is 9.56. The van der Waals surface area contributed by atoms with Crippen LogP contribution >= 0.6 is 24.8 Å². The lowest BCUT2D eigenvalue weighted by Crippen LogP contribution is -2.53. The summed E-state index contributed by atoms with van der Waals surface area (Å²) in [6.07, 6.45) is 9.88. The Kier molecular flexibility index (Phi) is 7.62. The number of imidazole rings is 1. The number of rotatable bonds is 4. The van der Waals surface area contributed by atoms with Gasteiger partial charge in [-0.25, -0.2) is 4.98 Å². The lowest BCUT2D eigenvalue weighted by molar-refractivity contribution is -0.384. The smallest absolute Gasteiger partial charge is 0.294 e. The molecule has 0 spiro atoms. The molecule has 8 nitrogen and oxygen atoms in total. The molecule has 2 aliphatic carbocycles. The second-order valence-corrected chi connectivity index (χ2v) is 7.61. The number of nitrogens with one attached hydrogen (secondary N) is 1. The second-order valence-electron chi connectivity index (χ2n) is 7.61. The van der Waals surface area contributed by atoms with Crippen LogP contribution in [0, 0.1) is 22.0 Å². The zero-order chi connectivity index (χ0) is 19.0. The normalized spacial score (nSPS) is 25.3. The predicted octanol–water partition coefficient (Wildman–Crippen LogP) is 3.26. The molecule has 2 fully saturated rings. The van der Waals surface area contributed by atoms with Crippen LogP contribution < -0.4 is 11.1 Å². The molecule has 0 radical (unpaired) electrons. The summed E-state index contributed by atoms with van der Waals surface area (Å²) in [5.74, 6) is 0.543. The first-order chi connectivity index (χ1) is 13.0. The largest absolute Gasteiger partial charge is 0.349 e. The molecule has 2 aliphatic rings. The van der Waals surface area contributed by atoms with Gasteiger partial charge < -0.3 is 15.6 Å². The average molecular weight is 442 g/mol. The van der Waals surface area contributed by atoms with Crippen LogP contribution in [0.5, 0.6) is 0 Å². The summed E-state index contributed by atoms with van der Waals surface area (Å²) >= 11 is 0. The highest BCUT2D eigenvalue weighted by molar-refractivity contribution is 5.95. The molecule has 1 heterocycles. The van der Waals surface area contributed by atoms with Crippen molar-refractivity contribution in [1.82, 2.24) is 14.9 Å². The molecule has 3 N–H and O–H groups in total. The zero-order valence-corrected chi connectivity index (χ0v) is 17.4. The molecule has 0 aliphatic heterocycles. The van der Waals surface area contributed by atoms with E-state index >= 15 is 0 Å². The molecule has 158 valence electrons. The maximum atomic E-state index is 12.8. The van der Waals surface area contributed by atoms with Gasteiger partial charge in [-0.1, -0.05) is 6.42 Å². The molecule has 29 heavy (non-hydrogen) atoms. The standard InChI is InChI=1S/C19H23N5O3.2ClH/c20-15-8-12-2-1-3-13(9-15)18(12)22-19(25)14-4-5-16(17(10-14)24(26)27)23-7-6-21-11-23;;/h4-7,10-13,15,18H,1-3,8-9,20H2,(H,22,25);2*1H. The minimum atomic E-state index is -0.472. The van der Waals surface area contributed by atoms with Gasteiger partial charge in [0.2, 0.25) is 0 Å². The number of hydrogen-bond donors (Lipinski definition) is 2. The maximum absolute atomic E-state index is 12.8. The minimum Gasteiger partial charge on any atom is -0.349 e. The van der Waals surface area contributed by atoms with Crippen molar-refractivity contribution in [1.29, 1.82) is 0 Å². The van der Waals surface area contributed by atoms with Crippen molar-refractivity contribution in [3.63, 3.8) is 0 Å². The van der Waals surface area contributed by atoms with Crippen LogP contribution in [0.25, 0.3) is 5.69 Å². The Hall–Kier alpha value is -2.16. The lowest BCUT2D eigenvalue weighted by atomic mass is 9.67. The summed E-state index contributed by atoms with van der Waals surface area (Å²) in [5, 5.41) is 14.6. The van der Waals surface area contributed by atoms with Crippen molar-refractivity contribution >= 4 is 36.4 Å². The third-order valence-electron chi connectivity index (χ3n) is 5.89. The Balaban J connectivity index is 0.00000150. The summed E-state index contributed by atoms with van der Waals surface area (Å²) in [6.45, 7) is 0. The Morgan fingerprint density at radius 1 is 1.24 bits per heavy atom. The Labute approximate surface area is 181 Å². The van der Waals surface area contributed by atoms with Crippen LogP contribution in [0.15, 0.2) is 36.9 Å². The van der Waals surface area contributed by atoms with E-state index in [2.05, 4.69) is 10.3 Å². The fraction of sp³-hybridized carbons (Fsp3) is 0.474. The predicted molar refractivity (Wildman–Crippen MR) is 114 cm³/mol. The summed E-state index contributed by atoms with van der Waals surface area (Å²) in [7, 11) is 0. The van der Waals surface area contributed by atoms with Gasteiger partial charge >= 0.3 is 0 Å². The molecule has 2 atom stereocenters. The number of nitro groups is 1. The van der Waals surface area contributed by atoms with E-state index in [-0.39, 0.29) is 48.5 Å². The highest BCUT2D eigenvalue weighted by Crippen LogP contribution is 2.39. The van der Waals surface area contributed by atoms with Crippen LogP contribution in [0.3, 0.4) is 0 Å². The Bertz CT molecular complexity index is 848. The Morgan fingerprint density at radius 3 is 2.52 bits per heavy atom. The monoisotopic (exact) mass is 441 g/mol. The van der Waals surface area contributed by atoms with Crippen LogP contribution in [-0.4, -0.2) is 32.5 Å². The quantitative estimate of drug-likeness (QED) is 0.557. The van der Waals surface area contributed by atoms with Crippen LogP contribution in [-0.2, 0) is 0 Å². The topological polar surface area (TPSA) is 116 Å². The van der Waals surface area contributed by atoms with Gasteiger partial charge in [0.15, 0.2) is 0 Å². The van der Waals surface area contributed by atoms with E-state index in [1.807, 2.05) is 0 Å². The van der Waals surface area contributed by atoms with Gasteiger partial charge in [-0.2, -0.15) is 0 Å². The van der Waals surface area contributed by atoms with Crippen LogP contribution in [0.1, 0.15) is 42.5 Å². The van der Waals surface area contributed by atoms with Crippen molar-refractivity contribution in [2.24, 2.45) is 17.6 Å². The van der Waals surface area contributed by atoms with Gasteiger partial charge in [-0.05, 0) is 49.7 Å². The van der Waals surface area contributed by atoms with E-state index < -0.39 is 4.92 Å². The molecule has 2 bridgehead atoms. The number of carbonyl (C=O) groups is 1. The number of fused-ring (bicyclic) bond motifs is 2. The first-order valence-electron chi connectivity index (χ1n) is 9.36.